The number of alkyl halides is 3. The molecule has 1 heterocycles. The maximum Gasteiger partial charge on any atom is 0.534 e. The van der Waals surface area contributed by atoms with Gasteiger partial charge in [0.2, 0.25) is 0 Å². The summed E-state index contributed by atoms with van der Waals surface area (Å²) < 4.78 is 85.1. The molecule has 12 heteroatoms. The highest BCUT2D eigenvalue weighted by Gasteiger charge is 2.49. The number of halogens is 3. The summed E-state index contributed by atoms with van der Waals surface area (Å²) in [5.41, 5.74) is -2.50. The van der Waals surface area contributed by atoms with Crippen molar-refractivity contribution in [2.75, 3.05) is 14.2 Å². The molecule has 0 fully saturated rings. The van der Waals surface area contributed by atoms with Gasteiger partial charge < -0.3 is 18.4 Å². The zero-order valence-corrected chi connectivity index (χ0v) is 28.4. The van der Waals surface area contributed by atoms with E-state index < -0.39 is 21.6 Å². The standard InChI is InChI=1S/C35H41F3O7S2/c1-4-5-6-10-30(44-23-24-11-18-28(42-2)19-12-24)25-13-15-27(16-14-25)33-26(17-21-31(33)45-47(40,41)35(36,37)38)8-7-9-29-20-22-32(46-29)34(39)43-3/h11-16,18-20,22,26,30H,4-10,17,21,23H2,1-3H3/t26?,30-/m0/s1. The van der Waals surface area contributed by atoms with Crippen LogP contribution < -0.4 is 4.74 Å². The highest BCUT2D eigenvalue weighted by Crippen LogP contribution is 2.44. The van der Waals surface area contributed by atoms with Crippen molar-refractivity contribution in [2.24, 2.45) is 5.92 Å². The first-order valence-electron chi connectivity index (χ1n) is 15.7. The predicted molar refractivity (Wildman–Crippen MR) is 175 cm³/mol. The molecule has 0 aliphatic heterocycles. The van der Waals surface area contributed by atoms with Crippen LogP contribution >= 0.6 is 11.3 Å². The monoisotopic (exact) mass is 694 g/mol. The summed E-state index contributed by atoms with van der Waals surface area (Å²) in [5.74, 6) is -0.0171. The molecular formula is C35H41F3O7S2. The lowest BCUT2D eigenvalue weighted by Gasteiger charge is -2.21. The smallest absolute Gasteiger partial charge is 0.497 e. The Morgan fingerprint density at radius 3 is 2.34 bits per heavy atom. The first-order chi connectivity index (χ1) is 22.5. The average molecular weight is 695 g/mol. The third-order valence-electron chi connectivity index (χ3n) is 8.22. The molecule has 0 saturated carbocycles. The minimum Gasteiger partial charge on any atom is -0.497 e. The first-order valence-corrected chi connectivity index (χ1v) is 17.9. The quantitative estimate of drug-likeness (QED) is 0.0602. The van der Waals surface area contributed by atoms with Gasteiger partial charge in [-0.05, 0) is 79.0 Å². The Bertz CT molecular complexity index is 1590. The summed E-state index contributed by atoms with van der Waals surface area (Å²) in [6.45, 7) is 2.53. The fourth-order valence-corrected chi connectivity index (χ4v) is 7.23. The number of rotatable bonds is 17. The largest absolute Gasteiger partial charge is 0.534 e. The molecule has 0 saturated heterocycles. The summed E-state index contributed by atoms with van der Waals surface area (Å²) in [5, 5.41) is 0. The molecule has 0 radical (unpaired) electrons. The lowest BCUT2D eigenvalue weighted by Crippen LogP contribution is -2.25. The normalized spacial score (nSPS) is 15.9. The summed E-state index contributed by atoms with van der Waals surface area (Å²) in [6, 6.07) is 18.7. The van der Waals surface area contributed by atoms with E-state index in [-0.39, 0.29) is 24.2 Å². The maximum atomic E-state index is 13.3. The van der Waals surface area contributed by atoms with E-state index in [1.54, 1.807) is 13.2 Å². The van der Waals surface area contributed by atoms with E-state index in [1.165, 1.54) is 18.4 Å². The Morgan fingerprint density at radius 2 is 1.70 bits per heavy atom. The van der Waals surface area contributed by atoms with Gasteiger partial charge in [0, 0.05) is 16.9 Å². The Balaban J connectivity index is 1.55. The van der Waals surface area contributed by atoms with Crippen LogP contribution in [-0.2, 0) is 36.8 Å². The summed E-state index contributed by atoms with van der Waals surface area (Å²) in [4.78, 5) is 13.3. The topological polar surface area (TPSA) is 88.1 Å². The number of unbranched alkanes of at least 4 members (excludes halogenated alkanes) is 2. The van der Waals surface area contributed by atoms with Gasteiger partial charge in [0.05, 0.1) is 26.9 Å². The van der Waals surface area contributed by atoms with E-state index in [0.717, 1.165) is 47.4 Å². The third kappa shape index (κ3) is 9.84. The highest BCUT2D eigenvalue weighted by molar-refractivity contribution is 7.87. The number of carbonyl (C=O) groups is 1. The van der Waals surface area contributed by atoms with Crippen molar-refractivity contribution in [3.8, 4) is 5.75 Å². The van der Waals surface area contributed by atoms with Crippen molar-refractivity contribution < 1.29 is 44.8 Å². The minimum atomic E-state index is -5.82. The SMILES string of the molecule is CCCCC[C@H](OCc1ccc(OC)cc1)c1ccc(C2=C(OS(=O)(=O)C(F)(F)F)CCC2CCCc2ccc(C(=O)OC)s2)cc1. The third-order valence-corrected chi connectivity index (χ3v) is 10.3. The predicted octanol–water partition coefficient (Wildman–Crippen LogP) is 9.39. The van der Waals surface area contributed by atoms with Crippen molar-refractivity contribution in [1.82, 2.24) is 0 Å². The van der Waals surface area contributed by atoms with Crippen LogP contribution in [0.3, 0.4) is 0 Å². The van der Waals surface area contributed by atoms with Crippen LogP contribution in [0.15, 0.2) is 66.4 Å². The molecule has 3 aromatic rings. The molecule has 7 nitrogen and oxygen atoms in total. The Hall–Kier alpha value is -3.35. The molecule has 0 amide bonds. The van der Waals surface area contributed by atoms with Crippen molar-refractivity contribution >= 4 is 33.0 Å². The van der Waals surface area contributed by atoms with Crippen LogP contribution in [0.25, 0.3) is 5.57 Å². The molecule has 4 rings (SSSR count). The number of aryl methyl sites for hydroxylation is 1. The van der Waals surface area contributed by atoms with Gasteiger partial charge in [-0.2, -0.15) is 21.6 Å². The fourth-order valence-electron chi connectivity index (χ4n) is 5.73. The van der Waals surface area contributed by atoms with Crippen LogP contribution in [0.4, 0.5) is 13.2 Å². The van der Waals surface area contributed by atoms with Gasteiger partial charge in [-0.25, -0.2) is 4.79 Å². The van der Waals surface area contributed by atoms with Crippen LogP contribution in [0.5, 0.6) is 5.75 Å². The van der Waals surface area contributed by atoms with Gasteiger partial charge in [0.25, 0.3) is 0 Å². The number of carbonyl (C=O) groups excluding carboxylic acids is 1. The molecule has 256 valence electrons. The van der Waals surface area contributed by atoms with Gasteiger partial charge in [0.1, 0.15) is 16.4 Å². The van der Waals surface area contributed by atoms with Crippen LogP contribution in [0.1, 0.15) is 95.6 Å². The first kappa shape index (κ1) is 36.5. The maximum absolute atomic E-state index is 13.3. The van der Waals surface area contributed by atoms with E-state index in [2.05, 4.69) is 6.92 Å². The minimum absolute atomic E-state index is 0.0766. The van der Waals surface area contributed by atoms with Crippen LogP contribution in [-0.4, -0.2) is 34.1 Å². The zero-order chi connectivity index (χ0) is 34.0. The number of hydrogen-bond donors (Lipinski definition) is 0. The van der Waals surface area contributed by atoms with E-state index in [1.807, 2.05) is 54.6 Å². The second kappa shape index (κ2) is 16.7. The molecule has 2 aromatic carbocycles. The van der Waals surface area contributed by atoms with Crippen LogP contribution in [0, 0.1) is 5.92 Å². The number of allylic oxidation sites excluding steroid dienone is 2. The van der Waals surface area contributed by atoms with Gasteiger partial charge >= 0.3 is 21.6 Å². The molecule has 1 unspecified atom stereocenters. The highest BCUT2D eigenvalue weighted by atomic mass is 32.2. The summed E-state index contributed by atoms with van der Waals surface area (Å²) in [7, 11) is -2.88. The molecular weight excluding hydrogens is 654 g/mol. The van der Waals surface area contributed by atoms with Gasteiger partial charge in [-0.3, -0.25) is 0 Å². The Labute approximate surface area is 278 Å². The van der Waals surface area contributed by atoms with E-state index >= 15 is 0 Å². The molecule has 47 heavy (non-hydrogen) atoms. The molecule has 0 bridgehead atoms. The van der Waals surface area contributed by atoms with Crippen molar-refractivity contribution in [3.05, 3.63) is 92.9 Å². The van der Waals surface area contributed by atoms with Crippen LogP contribution in [0.2, 0.25) is 0 Å². The molecule has 1 aliphatic carbocycles. The molecule has 1 aliphatic rings. The second-order valence-electron chi connectivity index (χ2n) is 11.5. The number of thiophene rings is 1. The second-order valence-corrected chi connectivity index (χ2v) is 14.2. The average Bonchev–Trinajstić information content (AvgIpc) is 3.69. The molecule has 0 spiro atoms. The van der Waals surface area contributed by atoms with Gasteiger partial charge in [-0.1, -0.05) is 62.6 Å². The Kier molecular flexibility index (Phi) is 12.9. The fraction of sp³-hybridized carbons (Fsp3) is 0.457. The molecule has 1 aromatic heterocycles. The van der Waals surface area contributed by atoms with E-state index in [9.17, 15) is 26.4 Å². The molecule has 2 atom stereocenters. The zero-order valence-electron chi connectivity index (χ0n) is 26.8. The summed E-state index contributed by atoms with van der Waals surface area (Å²) in [6.07, 6.45) is 6.17. The van der Waals surface area contributed by atoms with E-state index in [4.69, 9.17) is 18.4 Å². The van der Waals surface area contributed by atoms with Crippen molar-refractivity contribution in [3.63, 3.8) is 0 Å². The number of ether oxygens (including phenoxy) is 3. The summed E-state index contributed by atoms with van der Waals surface area (Å²) >= 11 is 1.34. The van der Waals surface area contributed by atoms with Gasteiger partial charge in [0.15, 0.2) is 0 Å². The number of esters is 1. The molecule has 0 N–H and O–H groups in total. The van der Waals surface area contributed by atoms with Crippen molar-refractivity contribution in [1.29, 1.82) is 0 Å². The number of hydrogen-bond acceptors (Lipinski definition) is 8. The number of methoxy groups -OCH3 is 2. The van der Waals surface area contributed by atoms with Gasteiger partial charge in [-0.15, -0.1) is 11.3 Å². The number of benzene rings is 2. The van der Waals surface area contributed by atoms with E-state index in [0.29, 0.717) is 48.3 Å². The lowest BCUT2D eigenvalue weighted by atomic mass is 9.89. The lowest BCUT2D eigenvalue weighted by molar-refractivity contribution is -0.0522. The Morgan fingerprint density at radius 1 is 0.979 bits per heavy atom. The van der Waals surface area contributed by atoms with Crippen molar-refractivity contribution in [2.45, 2.75) is 82.9 Å².